The maximum Gasteiger partial charge on any atom is 0.414 e. The van der Waals surface area contributed by atoms with Crippen molar-refractivity contribution in [3.05, 3.63) is 47.9 Å². The number of unbranched alkanes of at least 4 members (excludes halogenated alkanes) is 6. The minimum atomic E-state index is -0.605. The van der Waals surface area contributed by atoms with Crippen LogP contribution in [0, 0.1) is 11.2 Å². The molecular formula is C28H36FN5O4. The minimum absolute atomic E-state index is 0.0737. The minimum Gasteiger partial charge on any atom is -0.442 e. The Morgan fingerprint density at radius 2 is 1.79 bits per heavy atom. The van der Waals surface area contributed by atoms with Crippen LogP contribution in [0.15, 0.2) is 36.4 Å². The van der Waals surface area contributed by atoms with Crippen molar-refractivity contribution in [2.75, 3.05) is 18.0 Å². The van der Waals surface area contributed by atoms with Crippen molar-refractivity contribution in [1.82, 2.24) is 10.3 Å². The Labute approximate surface area is 222 Å². The maximum absolute atomic E-state index is 15.1. The van der Waals surface area contributed by atoms with Crippen LogP contribution >= 0.6 is 0 Å². The Hall–Kier alpha value is -3.82. The van der Waals surface area contributed by atoms with E-state index in [9.17, 15) is 14.4 Å². The zero-order valence-corrected chi connectivity index (χ0v) is 21.8. The molecule has 10 heteroatoms. The Balaban J connectivity index is 1.51. The van der Waals surface area contributed by atoms with E-state index < -0.39 is 18.0 Å². The molecular weight excluding hydrogens is 489 g/mol. The number of nitrogens with two attached hydrogens (primary N) is 1. The van der Waals surface area contributed by atoms with Crippen molar-refractivity contribution in [2.24, 2.45) is 5.73 Å². The highest BCUT2D eigenvalue weighted by atomic mass is 19.1. The summed E-state index contributed by atoms with van der Waals surface area (Å²) in [5, 5.41) is 9.83. The third-order valence-electron chi connectivity index (χ3n) is 6.38. The van der Waals surface area contributed by atoms with Crippen LogP contribution in [0.2, 0.25) is 0 Å². The first kappa shape index (κ1) is 28.7. The van der Waals surface area contributed by atoms with Gasteiger partial charge in [0.25, 0.3) is 0 Å². The highest BCUT2D eigenvalue weighted by Gasteiger charge is 2.32. The fraction of sp³-hybridized carbons (Fsp3) is 0.464. The smallest absolute Gasteiger partial charge is 0.414 e. The molecule has 9 nitrogen and oxygen atoms in total. The van der Waals surface area contributed by atoms with Gasteiger partial charge in [-0.1, -0.05) is 38.2 Å². The lowest BCUT2D eigenvalue weighted by atomic mass is 10.0. The first-order valence-electron chi connectivity index (χ1n) is 13.1. The van der Waals surface area contributed by atoms with Gasteiger partial charge in [0.15, 0.2) is 5.78 Å². The number of carbonyl (C=O) groups is 3. The van der Waals surface area contributed by atoms with Crippen molar-refractivity contribution < 1.29 is 23.5 Å². The summed E-state index contributed by atoms with van der Waals surface area (Å²) < 4.78 is 20.3. The molecule has 1 aliphatic heterocycles. The van der Waals surface area contributed by atoms with Crippen molar-refractivity contribution in [2.45, 2.75) is 70.8 Å². The van der Waals surface area contributed by atoms with Gasteiger partial charge in [0.05, 0.1) is 30.3 Å². The Morgan fingerprint density at radius 1 is 1.11 bits per heavy atom. The average Bonchev–Trinajstić information content (AvgIpc) is 3.26. The van der Waals surface area contributed by atoms with E-state index in [1.54, 1.807) is 24.3 Å². The SMILES string of the molecule is CC(=O)NC[C@H]1CN(c2ccc(-c3cccc(C(=O)CCCCCCCCCC(=N)N)n3)c(F)c2)C(=O)O1. The number of amides is 2. The van der Waals surface area contributed by atoms with E-state index in [2.05, 4.69) is 10.3 Å². The first-order valence-corrected chi connectivity index (χ1v) is 13.1. The Bertz CT molecular complexity index is 1160. The van der Waals surface area contributed by atoms with Crippen molar-refractivity contribution >= 4 is 29.3 Å². The number of aromatic nitrogens is 1. The number of nitrogens with zero attached hydrogens (tertiary/aromatic N) is 2. The number of anilines is 1. The number of ketones is 1. The van der Waals surface area contributed by atoms with Gasteiger partial charge in [0.1, 0.15) is 17.6 Å². The van der Waals surface area contributed by atoms with Gasteiger partial charge in [0, 0.05) is 25.3 Å². The van der Waals surface area contributed by atoms with Crippen LogP contribution in [0.1, 0.15) is 75.2 Å². The average molecular weight is 526 g/mol. The largest absolute Gasteiger partial charge is 0.442 e. The van der Waals surface area contributed by atoms with Crippen LogP contribution in [0.5, 0.6) is 0 Å². The molecule has 1 aromatic heterocycles. The molecule has 4 N–H and O–H groups in total. The van der Waals surface area contributed by atoms with Gasteiger partial charge in [0.2, 0.25) is 5.91 Å². The van der Waals surface area contributed by atoms with Crippen molar-refractivity contribution in [3.8, 4) is 11.3 Å². The normalized spacial score (nSPS) is 14.8. The van der Waals surface area contributed by atoms with Gasteiger partial charge in [-0.25, -0.2) is 14.2 Å². The monoisotopic (exact) mass is 525 g/mol. The number of hydrogen-bond acceptors (Lipinski definition) is 6. The van der Waals surface area contributed by atoms with Gasteiger partial charge >= 0.3 is 6.09 Å². The molecule has 2 heterocycles. The fourth-order valence-corrected chi connectivity index (χ4v) is 4.33. The van der Waals surface area contributed by atoms with E-state index in [0.29, 0.717) is 29.9 Å². The van der Waals surface area contributed by atoms with Gasteiger partial charge in [-0.3, -0.25) is 19.9 Å². The fourth-order valence-electron chi connectivity index (χ4n) is 4.33. The van der Waals surface area contributed by atoms with E-state index in [4.69, 9.17) is 15.9 Å². The zero-order chi connectivity index (χ0) is 27.5. The topological polar surface area (TPSA) is 138 Å². The number of cyclic esters (lactones) is 1. The number of ether oxygens (including phenoxy) is 1. The Kier molecular flexibility index (Phi) is 10.7. The number of carbonyl (C=O) groups excluding carboxylic acids is 3. The van der Waals surface area contributed by atoms with Gasteiger partial charge < -0.3 is 15.8 Å². The van der Waals surface area contributed by atoms with E-state index in [1.165, 1.54) is 24.0 Å². The molecule has 0 spiro atoms. The maximum atomic E-state index is 15.1. The summed E-state index contributed by atoms with van der Waals surface area (Å²) in [5.41, 5.74) is 6.58. The molecule has 1 aromatic carbocycles. The van der Waals surface area contributed by atoms with E-state index in [1.807, 2.05) is 0 Å². The van der Waals surface area contributed by atoms with Crippen LogP contribution in [-0.4, -0.2) is 47.8 Å². The quantitative estimate of drug-likeness (QED) is 0.130. The number of halogens is 1. The molecule has 1 aliphatic rings. The summed E-state index contributed by atoms with van der Waals surface area (Å²) in [5.74, 6) is -0.628. The predicted molar refractivity (Wildman–Crippen MR) is 144 cm³/mol. The van der Waals surface area contributed by atoms with Gasteiger partial charge in [-0.2, -0.15) is 0 Å². The van der Waals surface area contributed by atoms with Gasteiger partial charge in [-0.05, 0) is 43.2 Å². The molecule has 3 rings (SSSR count). The molecule has 1 fully saturated rings. The number of benzene rings is 1. The zero-order valence-electron chi connectivity index (χ0n) is 21.8. The molecule has 38 heavy (non-hydrogen) atoms. The van der Waals surface area contributed by atoms with E-state index in [0.717, 1.165) is 44.9 Å². The second kappa shape index (κ2) is 14.2. The van der Waals surface area contributed by atoms with E-state index in [-0.39, 0.29) is 36.2 Å². The van der Waals surface area contributed by atoms with Crippen LogP contribution in [0.4, 0.5) is 14.9 Å². The lowest BCUT2D eigenvalue weighted by Gasteiger charge is -2.14. The van der Waals surface area contributed by atoms with Crippen LogP contribution in [0.3, 0.4) is 0 Å². The summed E-state index contributed by atoms with van der Waals surface area (Å²) in [6, 6.07) is 9.36. The third-order valence-corrected chi connectivity index (χ3v) is 6.38. The number of rotatable bonds is 15. The predicted octanol–water partition coefficient (Wildman–Crippen LogP) is 4.98. The lowest BCUT2D eigenvalue weighted by Crippen LogP contribution is -2.33. The number of amidine groups is 1. The molecule has 0 radical (unpaired) electrons. The summed E-state index contributed by atoms with van der Waals surface area (Å²) in [7, 11) is 0. The van der Waals surface area contributed by atoms with Crippen LogP contribution in [0.25, 0.3) is 11.3 Å². The number of pyridine rings is 1. The summed E-state index contributed by atoms with van der Waals surface area (Å²) in [4.78, 5) is 41.7. The molecule has 0 unspecified atom stereocenters. The molecule has 2 amide bonds. The third kappa shape index (κ3) is 8.64. The highest BCUT2D eigenvalue weighted by Crippen LogP contribution is 2.28. The summed E-state index contributed by atoms with van der Waals surface area (Å²) >= 11 is 0. The standard InChI is InChI=1S/C28H36FN5O4/c1-19(35)32-17-21-18-34(28(37)38-21)20-14-15-22(23(29)16-20)24-10-9-11-25(33-24)26(36)12-7-5-3-2-4-6-8-13-27(30)31/h9-11,14-16,21H,2-8,12-13,17-18H2,1H3,(H3,30,31)(H,32,35)/t21-/m0/s1. The van der Waals surface area contributed by atoms with Crippen LogP contribution < -0.4 is 16.0 Å². The molecule has 1 atom stereocenters. The number of nitrogens with one attached hydrogen (secondary N) is 2. The van der Waals surface area contributed by atoms with E-state index >= 15 is 4.39 Å². The summed E-state index contributed by atoms with van der Waals surface area (Å²) in [6.07, 6.45) is 6.92. The van der Waals surface area contributed by atoms with Gasteiger partial charge in [-0.15, -0.1) is 0 Å². The number of hydrogen-bond donors (Lipinski definition) is 3. The molecule has 1 saturated heterocycles. The van der Waals surface area contributed by atoms with Crippen molar-refractivity contribution in [1.29, 1.82) is 5.41 Å². The second-order valence-corrected chi connectivity index (χ2v) is 9.55. The Morgan fingerprint density at radius 3 is 2.45 bits per heavy atom. The molecule has 2 aromatic rings. The number of Topliss-reactive ketones (excluding diaryl/α,β-unsaturated/α-hetero) is 1. The van der Waals surface area contributed by atoms with Crippen LogP contribution in [-0.2, 0) is 9.53 Å². The second-order valence-electron chi connectivity index (χ2n) is 9.55. The molecule has 0 bridgehead atoms. The lowest BCUT2D eigenvalue weighted by molar-refractivity contribution is -0.119. The molecule has 0 saturated carbocycles. The molecule has 204 valence electrons. The van der Waals surface area contributed by atoms with Crippen molar-refractivity contribution in [3.63, 3.8) is 0 Å². The molecule has 0 aliphatic carbocycles. The summed E-state index contributed by atoms with van der Waals surface area (Å²) in [6.45, 7) is 1.76. The highest BCUT2D eigenvalue weighted by molar-refractivity contribution is 5.94. The first-order chi connectivity index (χ1) is 18.2.